The van der Waals surface area contributed by atoms with Crippen molar-refractivity contribution in [2.75, 3.05) is 13.2 Å². The Morgan fingerprint density at radius 3 is 2.63 bits per heavy atom. The van der Waals surface area contributed by atoms with E-state index in [2.05, 4.69) is 5.32 Å². The molecule has 1 atom stereocenters. The number of ether oxygens (including phenoxy) is 2. The lowest BCUT2D eigenvalue weighted by Crippen LogP contribution is -2.64. The molecule has 2 N–H and O–H groups in total. The van der Waals surface area contributed by atoms with Gasteiger partial charge in [0.25, 0.3) is 5.91 Å². The van der Waals surface area contributed by atoms with Crippen LogP contribution in [0.15, 0.2) is 18.2 Å². The maximum absolute atomic E-state index is 13.4. The van der Waals surface area contributed by atoms with Crippen LogP contribution in [0, 0.1) is 11.2 Å². The minimum Gasteiger partial charge on any atom is -0.484 e. The molecule has 3 saturated carbocycles. The number of amides is 1. The molecule has 1 aromatic carbocycles. The molecular formula is C19H23ClFNO5. The molecule has 8 heteroatoms. The number of aliphatic hydroxyl groups is 1. The topological polar surface area (TPSA) is 84.9 Å². The first-order valence-corrected chi connectivity index (χ1v) is 9.42. The molecule has 3 aliphatic carbocycles. The molecule has 0 radical (unpaired) electrons. The van der Waals surface area contributed by atoms with Crippen molar-refractivity contribution in [3.05, 3.63) is 29.0 Å². The average Bonchev–Trinajstić information content (AvgIpc) is 2.63. The number of esters is 1. The van der Waals surface area contributed by atoms with Gasteiger partial charge in [-0.15, -0.1) is 0 Å². The van der Waals surface area contributed by atoms with Gasteiger partial charge in [0.1, 0.15) is 11.6 Å². The SMILES string of the molecule is CCOC(=O)C12CCC(NC(=O)COc3ccc(Cl)c(F)c3)(CC1)CC2O. The number of fused-ring (bicyclic) bond motifs is 3. The van der Waals surface area contributed by atoms with Crippen molar-refractivity contribution < 1.29 is 28.6 Å². The summed E-state index contributed by atoms with van der Waals surface area (Å²) in [5.41, 5.74) is -1.42. The Hall–Kier alpha value is -1.86. The fraction of sp³-hybridized carbons (Fsp3) is 0.579. The van der Waals surface area contributed by atoms with E-state index in [-0.39, 0.29) is 35.9 Å². The second kappa shape index (κ2) is 7.64. The van der Waals surface area contributed by atoms with E-state index in [0.717, 1.165) is 6.07 Å². The monoisotopic (exact) mass is 399 g/mol. The van der Waals surface area contributed by atoms with E-state index in [1.165, 1.54) is 12.1 Å². The number of carbonyl (C=O) groups is 2. The van der Waals surface area contributed by atoms with Gasteiger partial charge >= 0.3 is 5.97 Å². The van der Waals surface area contributed by atoms with Crippen molar-refractivity contribution in [3.8, 4) is 5.75 Å². The molecular weight excluding hydrogens is 377 g/mol. The van der Waals surface area contributed by atoms with E-state index < -0.39 is 22.9 Å². The van der Waals surface area contributed by atoms with Crippen LogP contribution in [-0.2, 0) is 14.3 Å². The van der Waals surface area contributed by atoms with Gasteiger partial charge in [-0.3, -0.25) is 9.59 Å². The molecule has 3 fully saturated rings. The highest BCUT2D eigenvalue weighted by Gasteiger charge is 2.59. The van der Waals surface area contributed by atoms with Crippen LogP contribution in [0.25, 0.3) is 0 Å². The summed E-state index contributed by atoms with van der Waals surface area (Å²) in [6, 6.07) is 3.96. The third-order valence-corrected chi connectivity index (χ3v) is 5.98. The van der Waals surface area contributed by atoms with Crippen LogP contribution in [0.1, 0.15) is 39.0 Å². The standard InChI is InChI=1S/C19H23ClFNO5/c1-2-26-17(25)19-7-5-18(6-8-19,10-15(19)23)22-16(24)11-27-12-3-4-13(20)14(21)9-12/h3-4,9,15,23H,2,5-8,10-11H2,1H3,(H,22,24). The summed E-state index contributed by atoms with van der Waals surface area (Å²) >= 11 is 5.61. The Morgan fingerprint density at radius 2 is 2.04 bits per heavy atom. The van der Waals surface area contributed by atoms with Crippen molar-refractivity contribution in [3.63, 3.8) is 0 Å². The lowest BCUT2D eigenvalue weighted by Gasteiger charge is -2.54. The summed E-state index contributed by atoms with van der Waals surface area (Å²) < 4.78 is 23.9. The zero-order valence-corrected chi connectivity index (χ0v) is 15.9. The highest BCUT2D eigenvalue weighted by molar-refractivity contribution is 6.30. The first-order chi connectivity index (χ1) is 12.8. The van der Waals surface area contributed by atoms with Crippen LogP contribution in [0.4, 0.5) is 4.39 Å². The van der Waals surface area contributed by atoms with Gasteiger partial charge in [0.2, 0.25) is 0 Å². The Kier molecular flexibility index (Phi) is 5.63. The van der Waals surface area contributed by atoms with Crippen LogP contribution < -0.4 is 10.1 Å². The minimum absolute atomic E-state index is 0.0193. The number of carbonyl (C=O) groups excluding carboxylic acids is 2. The molecule has 4 rings (SSSR count). The van der Waals surface area contributed by atoms with Crippen molar-refractivity contribution >= 4 is 23.5 Å². The van der Waals surface area contributed by atoms with Crippen molar-refractivity contribution in [2.45, 2.75) is 50.7 Å². The number of hydrogen-bond acceptors (Lipinski definition) is 5. The number of nitrogens with one attached hydrogen (secondary N) is 1. The first-order valence-electron chi connectivity index (χ1n) is 9.04. The van der Waals surface area contributed by atoms with E-state index in [1.54, 1.807) is 6.92 Å². The quantitative estimate of drug-likeness (QED) is 0.718. The second-order valence-electron chi connectivity index (χ2n) is 7.29. The van der Waals surface area contributed by atoms with Crippen LogP contribution in [-0.4, -0.2) is 41.8 Å². The number of hydrogen-bond donors (Lipinski definition) is 2. The third kappa shape index (κ3) is 3.89. The smallest absolute Gasteiger partial charge is 0.314 e. The minimum atomic E-state index is -0.861. The van der Waals surface area contributed by atoms with E-state index in [0.29, 0.717) is 32.1 Å². The summed E-state index contributed by atoms with van der Waals surface area (Å²) in [5, 5.41) is 13.5. The lowest BCUT2D eigenvalue weighted by atomic mass is 9.55. The fourth-order valence-corrected chi connectivity index (χ4v) is 4.23. The molecule has 0 aromatic heterocycles. The molecule has 1 amide bonds. The zero-order valence-electron chi connectivity index (χ0n) is 15.1. The largest absolute Gasteiger partial charge is 0.484 e. The van der Waals surface area contributed by atoms with Gasteiger partial charge in [0, 0.05) is 11.6 Å². The molecule has 3 aliphatic rings. The Bertz CT molecular complexity index is 733. The average molecular weight is 400 g/mol. The fourth-order valence-electron chi connectivity index (χ4n) is 4.12. The summed E-state index contributed by atoms with van der Waals surface area (Å²) in [7, 11) is 0. The maximum Gasteiger partial charge on any atom is 0.314 e. The Morgan fingerprint density at radius 1 is 1.33 bits per heavy atom. The molecule has 2 bridgehead atoms. The van der Waals surface area contributed by atoms with Crippen molar-refractivity contribution in [1.29, 1.82) is 0 Å². The summed E-state index contributed by atoms with van der Waals surface area (Å²) in [4.78, 5) is 24.6. The first kappa shape index (κ1) is 19.9. The molecule has 1 unspecified atom stereocenters. The Balaban J connectivity index is 1.58. The van der Waals surface area contributed by atoms with Crippen molar-refractivity contribution in [2.24, 2.45) is 5.41 Å². The van der Waals surface area contributed by atoms with Gasteiger partial charge in [0.15, 0.2) is 6.61 Å². The van der Waals surface area contributed by atoms with E-state index >= 15 is 0 Å². The lowest BCUT2D eigenvalue weighted by molar-refractivity contribution is -0.179. The predicted octanol–water partition coefficient (Wildman–Crippen LogP) is 2.60. The van der Waals surface area contributed by atoms with Gasteiger partial charge in [-0.05, 0) is 51.2 Å². The molecule has 0 saturated heterocycles. The van der Waals surface area contributed by atoms with Gasteiger partial charge in [-0.2, -0.15) is 0 Å². The maximum atomic E-state index is 13.4. The summed E-state index contributed by atoms with van der Waals surface area (Å²) in [6.07, 6.45) is 1.56. The molecule has 27 heavy (non-hydrogen) atoms. The van der Waals surface area contributed by atoms with Crippen LogP contribution >= 0.6 is 11.6 Å². The Labute approximate surface area is 162 Å². The molecule has 148 valence electrons. The number of halogens is 2. The molecule has 0 heterocycles. The van der Waals surface area contributed by atoms with Gasteiger partial charge in [-0.25, -0.2) is 4.39 Å². The molecule has 6 nitrogen and oxygen atoms in total. The second-order valence-corrected chi connectivity index (χ2v) is 7.70. The predicted molar refractivity (Wildman–Crippen MR) is 95.9 cm³/mol. The normalized spacial score (nSPS) is 29.3. The van der Waals surface area contributed by atoms with E-state index in [9.17, 15) is 19.1 Å². The molecule has 0 spiro atoms. The van der Waals surface area contributed by atoms with Gasteiger partial charge < -0.3 is 19.9 Å². The van der Waals surface area contributed by atoms with Crippen LogP contribution in [0.2, 0.25) is 5.02 Å². The van der Waals surface area contributed by atoms with Crippen LogP contribution in [0.3, 0.4) is 0 Å². The highest BCUT2D eigenvalue weighted by atomic mass is 35.5. The molecule has 0 aliphatic heterocycles. The van der Waals surface area contributed by atoms with E-state index in [4.69, 9.17) is 21.1 Å². The highest BCUT2D eigenvalue weighted by Crippen LogP contribution is 2.53. The van der Waals surface area contributed by atoms with Crippen molar-refractivity contribution in [1.82, 2.24) is 5.32 Å². The molecule has 1 aromatic rings. The number of rotatable bonds is 6. The van der Waals surface area contributed by atoms with E-state index in [1.807, 2.05) is 0 Å². The third-order valence-electron chi connectivity index (χ3n) is 5.67. The number of aliphatic hydroxyl groups excluding tert-OH is 1. The van der Waals surface area contributed by atoms with Gasteiger partial charge in [0.05, 0.1) is 23.1 Å². The number of benzene rings is 1. The zero-order chi connectivity index (χ0) is 19.7. The van der Waals surface area contributed by atoms with Gasteiger partial charge in [-0.1, -0.05) is 11.6 Å². The summed E-state index contributed by atoms with van der Waals surface area (Å²) in [5.74, 6) is -1.13. The van der Waals surface area contributed by atoms with Crippen LogP contribution in [0.5, 0.6) is 5.75 Å². The summed E-state index contributed by atoms with van der Waals surface area (Å²) in [6.45, 7) is 1.74.